The molecule has 0 spiro atoms. The fraction of sp³-hybridized carbons (Fsp3) is 0.100. The largest absolute Gasteiger partial charge is 0.497 e. The third-order valence-electron chi connectivity index (χ3n) is 4.17. The minimum atomic E-state index is -4.57. The van der Waals surface area contributed by atoms with Gasteiger partial charge in [-0.05, 0) is 30.3 Å². The number of rotatable bonds is 3. The minimum absolute atomic E-state index is 0.134. The smallest absolute Gasteiger partial charge is 0.433 e. The van der Waals surface area contributed by atoms with E-state index >= 15 is 0 Å². The van der Waals surface area contributed by atoms with E-state index in [2.05, 4.69) is 10.1 Å². The molecule has 2 heterocycles. The summed E-state index contributed by atoms with van der Waals surface area (Å²) in [4.78, 5) is 4.38. The molecule has 27 heavy (non-hydrogen) atoms. The van der Waals surface area contributed by atoms with Gasteiger partial charge in [0.15, 0.2) is 11.3 Å². The molecule has 4 nitrogen and oxygen atoms in total. The second-order valence-electron chi connectivity index (χ2n) is 5.92. The predicted octanol–water partition coefficient (Wildman–Crippen LogP) is 5.09. The summed E-state index contributed by atoms with van der Waals surface area (Å²) in [7, 11) is 1.53. The van der Waals surface area contributed by atoms with Crippen LogP contribution in [0.4, 0.5) is 13.2 Å². The lowest BCUT2D eigenvalue weighted by Gasteiger charge is -2.11. The molecule has 136 valence electrons. The normalized spacial score (nSPS) is 11.7. The summed E-state index contributed by atoms with van der Waals surface area (Å²) < 4.78 is 46.8. The molecule has 0 bridgehead atoms. The highest BCUT2D eigenvalue weighted by Crippen LogP contribution is 2.33. The first-order chi connectivity index (χ1) is 13.0. The zero-order valence-corrected chi connectivity index (χ0v) is 14.2. The molecule has 0 N–H and O–H groups in total. The molecule has 0 fully saturated rings. The monoisotopic (exact) mass is 369 g/mol. The Hall–Kier alpha value is -3.35. The molecule has 0 unspecified atom stereocenters. The van der Waals surface area contributed by atoms with Gasteiger partial charge in [-0.1, -0.05) is 30.3 Å². The van der Waals surface area contributed by atoms with Crippen LogP contribution in [0.3, 0.4) is 0 Å². The van der Waals surface area contributed by atoms with Crippen LogP contribution in [0.5, 0.6) is 5.75 Å². The molecule has 0 aliphatic heterocycles. The molecule has 7 heteroatoms. The highest BCUT2D eigenvalue weighted by Gasteiger charge is 2.35. The van der Waals surface area contributed by atoms with Crippen LogP contribution in [0, 0.1) is 0 Å². The van der Waals surface area contributed by atoms with Gasteiger partial charge in [-0.15, -0.1) is 0 Å². The van der Waals surface area contributed by atoms with Crippen molar-refractivity contribution in [3.05, 3.63) is 72.4 Å². The average Bonchev–Trinajstić information content (AvgIpc) is 3.11. The van der Waals surface area contributed by atoms with Crippen molar-refractivity contribution in [1.29, 1.82) is 0 Å². The van der Waals surface area contributed by atoms with Crippen LogP contribution in [0.25, 0.3) is 28.2 Å². The standard InChI is InChI=1S/C20H14F3N3O/c1-27-15-9-7-14(8-10-15)16-11-18(20(21,22)23)26-19(24-16)12-17(25-26)13-5-3-2-4-6-13/h2-12H,1H3. The van der Waals surface area contributed by atoms with E-state index < -0.39 is 11.9 Å². The van der Waals surface area contributed by atoms with Gasteiger partial charge in [0, 0.05) is 17.2 Å². The summed E-state index contributed by atoms with van der Waals surface area (Å²) in [6.07, 6.45) is -4.57. The number of hydrogen-bond acceptors (Lipinski definition) is 3. The summed E-state index contributed by atoms with van der Waals surface area (Å²) in [6, 6.07) is 18.3. The molecule has 4 aromatic rings. The number of hydrogen-bond donors (Lipinski definition) is 0. The molecule has 2 aromatic carbocycles. The van der Waals surface area contributed by atoms with E-state index in [9.17, 15) is 13.2 Å². The van der Waals surface area contributed by atoms with Gasteiger partial charge < -0.3 is 4.74 Å². The third-order valence-corrected chi connectivity index (χ3v) is 4.17. The second kappa shape index (κ2) is 6.42. The van der Waals surface area contributed by atoms with Crippen LogP contribution < -0.4 is 4.74 Å². The van der Waals surface area contributed by atoms with E-state index in [1.165, 1.54) is 7.11 Å². The second-order valence-corrected chi connectivity index (χ2v) is 5.92. The number of ether oxygens (including phenoxy) is 1. The number of aromatic nitrogens is 3. The maximum atomic E-state index is 13.6. The molecule has 0 aliphatic rings. The lowest BCUT2D eigenvalue weighted by atomic mass is 10.1. The third kappa shape index (κ3) is 3.23. The van der Waals surface area contributed by atoms with Crippen LogP contribution in [-0.2, 0) is 6.18 Å². The van der Waals surface area contributed by atoms with Gasteiger partial charge in [0.1, 0.15) is 5.75 Å². The Balaban J connectivity index is 1.91. The number of fused-ring (bicyclic) bond motifs is 1. The number of halogens is 3. The van der Waals surface area contributed by atoms with Crippen molar-refractivity contribution in [2.45, 2.75) is 6.18 Å². The molecule has 4 rings (SSSR count). The van der Waals surface area contributed by atoms with Gasteiger partial charge in [0.05, 0.1) is 18.5 Å². The summed E-state index contributed by atoms with van der Waals surface area (Å²) in [5.74, 6) is 0.617. The van der Waals surface area contributed by atoms with Crippen molar-refractivity contribution in [3.63, 3.8) is 0 Å². The average molecular weight is 369 g/mol. The quantitative estimate of drug-likeness (QED) is 0.505. The van der Waals surface area contributed by atoms with Crippen molar-refractivity contribution in [2.75, 3.05) is 7.11 Å². The van der Waals surface area contributed by atoms with E-state index in [-0.39, 0.29) is 11.3 Å². The van der Waals surface area contributed by atoms with E-state index in [1.54, 1.807) is 54.6 Å². The number of benzene rings is 2. The van der Waals surface area contributed by atoms with E-state index in [1.807, 2.05) is 6.07 Å². The molecule has 0 aliphatic carbocycles. The molecule has 0 radical (unpaired) electrons. The number of methoxy groups -OCH3 is 1. The maximum Gasteiger partial charge on any atom is 0.433 e. The van der Waals surface area contributed by atoms with E-state index in [0.717, 1.165) is 16.1 Å². The van der Waals surface area contributed by atoms with Crippen molar-refractivity contribution >= 4 is 5.65 Å². The number of nitrogens with zero attached hydrogens (tertiary/aromatic N) is 3. The first kappa shape index (κ1) is 17.1. The van der Waals surface area contributed by atoms with Gasteiger partial charge in [-0.3, -0.25) is 0 Å². The van der Waals surface area contributed by atoms with Crippen molar-refractivity contribution in [1.82, 2.24) is 14.6 Å². The SMILES string of the molecule is COc1ccc(-c2cc(C(F)(F)F)n3nc(-c4ccccc4)cc3n2)cc1. The Bertz CT molecular complexity index is 1090. The fourth-order valence-electron chi connectivity index (χ4n) is 2.84. The van der Waals surface area contributed by atoms with Crippen LogP contribution in [0.1, 0.15) is 5.69 Å². The van der Waals surface area contributed by atoms with E-state index in [4.69, 9.17) is 4.74 Å². The van der Waals surface area contributed by atoms with Crippen LogP contribution in [0.2, 0.25) is 0 Å². The Morgan fingerprint density at radius 3 is 2.15 bits per heavy atom. The summed E-state index contributed by atoms with van der Waals surface area (Å²) in [5.41, 5.74) is 1.20. The van der Waals surface area contributed by atoms with Crippen LogP contribution in [0.15, 0.2) is 66.7 Å². The van der Waals surface area contributed by atoms with Gasteiger partial charge in [0.2, 0.25) is 0 Å². The molecular formula is C20H14F3N3O. The predicted molar refractivity (Wildman–Crippen MR) is 95.4 cm³/mol. The molecule has 2 aromatic heterocycles. The van der Waals surface area contributed by atoms with Crippen molar-refractivity contribution in [3.8, 4) is 28.3 Å². The molecule has 0 saturated carbocycles. The molecular weight excluding hydrogens is 355 g/mol. The number of alkyl halides is 3. The maximum absolute atomic E-state index is 13.6. The summed E-state index contributed by atoms with van der Waals surface area (Å²) in [5, 5.41) is 4.13. The van der Waals surface area contributed by atoms with Crippen molar-refractivity contribution in [2.24, 2.45) is 0 Å². The van der Waals surface area contributed by atoms with Gasteiger partial charge >= 0.3 is 6.18 Å². The Labute approximate surface area is 152 Å². The minimum Gasteiger partial charge on any atom is -0.497 e. The highest BCUT2D eigenvalue weighted by atomic mass is 19.4. The Morgan fingerprint density at radius 1 is 0.852 bits per heavy atom. The Kier molecular flexibility index (Phi) is 4.07. The Morgan fingerprint density at radius 2 is 1.52 bits per heavy atom. The first-order valence-corrected chi connectivity index (χ1v) is 8.13. The van der Waals surface area contributed by atoms with Crippen LogP contribution >= 0.6 is 0 Å². The first-order valence-electron chi connectivity index (χ1n) is 8.13. The molecule has 0 atom stereocenters. The zero-order chi connectivity index (χ0) is 19.0. The molecule has 0 saturated heterocycles. The lowest BCUT2D eigenvalue weighted by Crippen LogP contribution is -2.13. The zero-order valence-electron chi connectivity index (χ0n) is 14.2. The lowest BCUT2D eigenvalue weighted by molar-refractivity contribution is -0.142. The van der Waals surface area contributed by atoms with Crippen molar-refractivity contribution < 1.29 is 17.9 Å². The summed E-state index contributed by atoms with van der Waals surface area (Å²) in [6.45, 7) is 0. The van der Waals surface area contributed by atoms with Gasteiger partial charge in [0.25, 0.3) is 0 Å². The topological polar surface area (TPSA) is 39.4 Å². The van der Waals surface area contributed by atoms with Gasteiger partial charge in [-0.2, -0.15) is 18.3 Å². The highest BCUT2D eigenvalue weighted by molar-refractivity contribution is 5.68. The fourth-order valence-corrected chi connectivity index (χ4v) is 2.84. The molecule has 0 amide bonds. The van der Waals surface area contributed by atoms with E-state index in [0.29, 0.717) is 17.0 Å². The summed E-state index contributed by atoms with van der Waals surface area (Å²) >= 11 is 0. The van der Waals surface area contributed by atoms with Crippen LogP contribution in [-0.4, -0.2) is 21.7 Å². The van der Waals surface area contributed by atoms with Gasteiger partial charge in [-0.25, -0.2) is 9.50 Å².